The first-order valence-electron chi connectivity index (χ1n) is 5.94. The molecule has 110 valence electrons. The number of halogens is 1. The molecule has 0 saturated heterocycles. The van der Waals surface area contributed by atoms with E-state index in [1.54, 1.807) is 0 Å². The molecule has 0 aliphatic rings. The van der Waals surface area contributed by atoms with Crippen LogP contribution in [-0.4, -0.2) is 20.6 Å². The lowest BCUT2D eigenvalue weighted by molar-refractivity contribution is 0.102. The monoisotopic (exact) mass is 308 g/mol. The van der Waals surface area contributed by atoms with Crippen LogP contribution in [0.1, 0.15) is 10.4 Å². The summed E-state index contributed by atoms with van der Waals surface area (Å²) >= 11 is 0. The van der Waals surface area contributed by atoms with Crippen LogP contribution in [0.25, 0.3) is 0 Å². The third-order valence-corrected chi connectivity index (χ3v) is 3.93. The molecule has 0 bridgehead atoms. The molecule has 21 heavy (non-hydrogen) atoms. The summed E-state index contributed by atoms with van der Waals surface area (Å²) in [6, 6.07) is 9.38. The highest BCUT2D eigenvalue weighted by Gasteiger charge is 2.10. The standard InChI is InChI=1S/C14H13FN2O3S/c1-21(19,20)11-5-3-10(4-6-11)17-14(18)9-2-7-12(15)13(16)8-9/h2-8H,16H2,1H3,(H,17,18). The maximum Gasteiger partial charge on any atom is 0.255 e. The van der Waals surface area contributed by atoms with Gasteiger partial charge >= 0.3 is 0 Å². The van der Waals surface area contributed by atoms with Crippen LogP contribution >= 0.6 is 0 Å². The summed E-state index contributed by atoms with van der Waals surface area (Å²) < 4.78 is 35.7. The number of benzene rings is 2. The first-order chi connectivity index (χ1) is 9.77. The Kier molecular flexibility index (Phi) is 3.95. The Morgan fingerprint density at radius 3 is 2.29 bits per heavy atom. The number of amides is 1. The zero-order valence-electron chi connectivity index (χ0n) is 11.1. The van der Waals surface area contributed by atoms with Crippen LogP contribution in [0.4, 0.5) is 15.8 Å². The predicted molar refractivity (Wildman–Crippen MR) is 78.3 cm³/mol. The van der Waals surface area contributed by atoms with Gasteiger partial charge in [0.1, 0.15) is 5.82 Å². The Balaban J connectivity index is 2.18. The molecule has 0 aromatic heterocycles. The minimum Gasteiger partial charge on any atom is -0.396 e. The van der Waals surface area contributed by atoms with E-state index in [9.17, 15) is 17.6 Å². The van der Waals surface area contributed by atoms with Crippen LogP contribution in [0.15, 0.2) is 47.4 Å². The van der Waals surface area contributed by atoms with Crippen LogP contribution in [0.2, 0.25) is 0 Å². The number of hydrogen-bond acceptors (Lipinski definition) is 4. The van der Waals surface area contributed by atoms with Gasteiger partial charge in [-0.2, -0.15) is 0 Å². The summed E-state index contributed by atoms with van der Waals surface area (Å²) in [4.78, 5) is 12.1. The molecular weight excluding hydrogens is 295 g/mol. The average Bonchev–Trinajstić information content (AvgIpc) is 2.41. The minimum absolute atomic E-state index is 0.116. The van der Waals surface area contributed by atoms with E-state index in [2.05, 4.69) is 5.32 Å². The molecular formula is C14H13FN2O3S. The maximum atomic E-state index is 13.0. The van der Waals surface area contributed by atoms with E-state index in [0.717, 1.165) is 12.3 Å². The van der Waals surface area contributed by atoms with Crippen LogP contribution in [0, 0.1) is 5.82 Å². The van der Waals surface area contributed by atoms with Crippen molar-refractivity contribution in [2.24, 2.45) is 0 Å². The number of carbonyl (C=O) groups is 1. The molecule has 5 nitrogen and oxygen atoms in total. The number of hydrogen-bond donors (Lipinski definition) is 2. The number of carbonyl (C=O) groups excluding carboxylic acids is 1. The van der Waals surface area contributed by atoms with Gasteiger partial charge in [-0.05, 0) is 42.5 Å². The van der Waals surface area contributed by atoms with Gasteiger partial charge in [-0.25, -0.2) is 12.8 Å². The van der Waals surface area contributed by atoms with E-state index in [-0.39, 0.29) is 16.1 Å². The largest absolute Gasteiger partial charge is 0.396 e. The molecule has 0 fully saturated rings. The molecule has 0 saturated carbocycles. The van der Waals surface area contributed by atoms with Crippen molar-refractivity contribution in [2.45, 2.75) is 4.90 Å². The molecule has 2 aromatic rings. The molecule has 0 radical (unpaired) electrons. The fraction of sp³-hybridized carbons (Fsp3) is 0.0714. The van der Waals surface area contributed by atoms with Crippen molar-refractivity contribution in [3.8, 4) is 0 Å². The van der Waals surface area contributed by atoms with Gasteiger partial charge < -0.3 is 11.1 Å². The number of nitrogen functional groups attached to an aromatic ring is 1. The maximum absolute atomic E-state index is 13.0. The smallest absolute Gasteiger partial charge is 0.255 e. The van der Waals surface area contributed by atoms with E-state index in [4.69, 9.17) is 5.73 Å². The van der Waals surface area contributed by atoms with Crippen molar-refractivity contribution in [3.63, 3.8) is 0 Å². The van der Waals surface area contributed by atoms with Gasteiger partial charge in [0.25, 0.3) is 5.91 Å². The Labute approximate surface area is 121 Å². The van der Waals surface area contributed by atoms with Crippen LogP contribution < -0.4 is 11.1 Å². The Hall–Kier alpha value is -2.41. The van der Waals surface area contributed by atoms with E-state index in [0.29, 0.717) is 5.69 Å². The minimum atomic E-state index is -3.28. The van der Waals surface area contributed by atoms with Gasteiger partial charge in [0.05, 0.1) is 10.6 Å². The third-order valence-electron chi connectivity index (χ3n) is 2.80. The number of sulfone groups is 1. The highest BCUT2D eigenvalue weighted by molar-refractivity contribution is 7.90. The van der Waals surface area contributed by atoms with Gasteiger partial charge in [-0.15, -0.1) is 0 Å². The van der Waals surface area contributed by atoms with Gasteiger partial charge in [-0.3, -0.25) is 4.79 Å². The quantitative estimate of drug-likeness (QED) is 0.849. The first-order valence-corrected chi connectivity index (χ1v) is 7.83. The predicted octanol–water partition coefficient (Wildman–Crippen LogP) is 2.06. The summed E-state index contributed by atoms with van der Waals surface area (Å²) in [5.74, 6) is -1.06. The summed E-state index contributed by atoms with van der Waals surface area (Å²) in [6.07, 6.45) is 1.10. The molecule has 2 rings (SSSR count). The van der Waals surface area contributed by atoms with Crippen LogP contribution in [-0.2, 0) is 9.84 Å². The summed E-state index contributed by atoms with van der Waals surface area (Å²) in [7, 11) is -3.28. The van der Waals surface area contributed by atoms with Crippen LogP contribution in [0.3, 0.4) is 0 Å². The topological polar surface area (TPSA) is 89.3 Å². The second kappa shape index (κ2) is 5.53. The first kappa shape index (κ1) is 15.0. The summed E-state index contributed by atoms with van der Waals surface area (Å²) in [5.41, 5.74) is 5.92. The molecule has 0 aliphatic carbocycles. The van der Waals surface area contributed by atoms with E-state index >= 15 is 0 Å². The SMILES string of the molecule is CS(=O)(=O)c1ccc(NC(=O)c2ccc(F)c(N)c2)cc1. The second-order valence-electron chi connectivity index (χ2n) is 4.49. The molecule has 0 unspecified atom stereocenters. The third kappa shape index (κ3) is 3.57. The zero-order valence-corrected chi connectivity index (χ0v) is 11.9. The summed E-state index contributed by atoms with van der Waals surface area (Å²) in [5, 5.41) is 2.57. The molecule has 7 heteroatoms. The molecule has 0 aliphatic heterocycles. The van der Waals surface area contributed by atoms with Crippen molar-refractivity contribution in [1.82, 2.24) is 0 Å². The number of rotatable bonds is 3. The molecule has 2 aromatic carbocycles. The van der Waals surface area contributed by atoms with Crippen molar-refractivity contribution in [3.05, 3.63) is 53.8 Å². The number of nitrogens with two attached hydrogens (primary N) is 1. The van der Waals surface area contributed by atoms with Gasteiger partial charge in [0.2, 0.25) is 0 Å². The average molecular weight is 308 g/mol. The second-order valence-corrected chi connectivity index (χ2v) is 6.50. The normalized spacial score (nSPS) is 11.1. The van der Waals surface area contributed by atoms with Gasteiger partial charge in [0.15, 0.2) is 9.84 Å². The lowest BCUT2D eigenvalue weighted by Crippen LogP contribution is -2.12. The van der Waals surface area contributed by atoms with Crippen LogP contribution in [0.5, 0.6) is 0 Å². The van der Waals surface area contributed by atoms with Crippen molar-refractivity contribution in [2.75, 3.05) is 17.3 Å². The van der Waals surface area contributed by atoms with Gasteiger partial charge in [-0.1, -0.05) is 0 Å². The lowest BCUT2D eigenvalue weighted by atomic mass is 10.2. The Morgan fingerprint density at radius 1 is 1.14 bits per heavy atom. The lowest BCUT2D eigenvalue weighted by Gasteiger charge is -2.07. The molecule has 0 atom stereocenters. The fourth-order valence-corrected chi connectivity index (χ4v) is 2.30. The number of nitrogens with one attached hydrogen (secondary N) is 1. The molecule has 0 spiro atoms. The Bertz CT molecular complexity index is 786. The zero-order chi connectivity index (χ0) is 15.6. The highest BCUT2D eigenvalue weighted by Crippen LogP contribution is 2.16. The van der Waals surface area contributed by atoms with E-state index < -0.39 is 21.6 Å². The molecule has 0 heterocycles. The molecule has 1 amide bonds. The fourth-order valence-electron chi connectivity index (χ4n) is 1.67. The van der Waals surface area contributed by atoms with Crippen molar-refractivity contribution < 1.29 is 17.6 Å². The molecule has 3 N–H and O–H groups in total. The van der Waals surface area contributed by atoms with E-state index in [1.165, 1.54) is 36.4 Å². The number of anilines is 2. The highest BCUT2D eigenvalue weighted by atomic mass is 32.2. The van der Waals surface area contributed by atoms with Crippen molar-refractivity contribution >= 4 is 27.1 Å². The van der Waals surface area contributed by atoms with Crippen molar-refractivity contribution in [1.29, 1.82) is 0 Å². The van der Waals surface area contributed by atoms with Gasteiger partial charge in [0, 0.05) is 17.5 Å². The Morgan fingerprint density at radius 2 is 1.76 bits per heavy atom. The summed E-state index contributed by atoms with van der Waals surface area (Å²) in [6.45, 7) is 0. The van der Waals surface area contributed by atoms with E-state index in [1.807, 2.05) is 0 Å².